The van der Waals surface area contributed by atoms with Gasteiger partial charge < -0.3 is 19.1 Å². The summed E-state index contributed by atoms with van der Waals surface area (Å²) in [7, 11) is 3.84. The maximum Gasteiger partial charge on any atom is 0.307 e. The van der Waals surface area contributed by atoms with Crippen LogP contribution in [0.15, 0.2) is 48.6 Å². The molecule has 330 valence electrons. The molecule has 0 fully saturated rings. The van der Waals surface area contributed by atoms with Crippen molar-refractivity contribution in [1.82, 2.24) is 9.80 Å². The Morgan fingerprint density at radius 3 is 1.11 bits per heavy atom. The minimum Gasteiger partial charge on any atom is -0.466 e. The van der Waals surface area contributed by atoms with Crippen LogP contribution in [-0.2, 0) is 28.6 Å². The van der Waals surface area contributed by atoms with Crippen molar-refractivity contribution in [2.24, 2.45) is 0 Å². The third-order valence-corrected chi connectivity index (χ3v) is 9.91. The summed E-state index contributed by atoms with van der Waals surface area (Å²) < 4.78 is 16.4. The lowest BCUT2D eigenvalue weighted by molar-refractivity contribution is -0.147. The molecule has 0 bridgehead atoms. The summed E-state index contributed by atoms with van der Waals surface area (Å²) in [6.45, 7) is 7.55. The third-order valence-electron chi connectivity index (χ3n) is 9.91. The van der Waals surface area contributed by atoms with Gasteiger partial charge in [-0.25, -0.2) is 0 Å². The Balaban J connectivity index is 4.15. The SMILES string of the molecule is CCCCC/C=C\C/C=C\CCCCCCCCOC(=O)CCN(CCOC(=O)CCN(C)C)CCC(=O)OCCCCCCCC/C=C\C/C=C\CCCCC. The fraction of sp³-hybridized carbons (Fsp3) is 0.776. The number of esters is 3. The molecule has 0 spiro atoms. The Hall–Kier alpha value is -2.71. The molecule has 57 heavy (non-hydrogen) atoms. The van der Waals surface area contributed by atoms with Crippen molar-refractivity contribution in [1.29, 1.82) is 0 Å². The van der Waals surface area contributed by atoms with Gasteiger partial charge in [0.25, 0.3) is 0 Å². The lowest BCUT2D eigenvalue weighted by Crippen LogP contribution is -2.33. The van der Waals surface area contributed by atoms with Crippen LogP contribution in [0, 0.1) is 0 Å². The molecule has 0 unspecified atom stereocenters. The Morgan fingerprint density at radius 1 is 0.386 bits per heavy atom. The Morgan fingerprint density at radius 2 is 0.719 bits per heavy atom. The highest BCUT2D eigenvalue weighted by atomic mass is 16.5. The quantitative estimate of drug-likeness (QED) is 0.0261. The summed E-state index contributed by atoms with van der Waals surface area (Å²) in [5.74, 6) is -0.708. The van der Waals surface area contributed by atoms with Crippen molar-refractivity contribution in [2.45, 2.75) is 187 Å². The van der Waals surface area contributed by atoms with Crippen molar-refractivity contribution in [2.75, 3.05) is 60.1 Å². The van der Waals surface area contributed by atoms with Gasteiger partial charge in [0.15, 0.2) is 0 Å². The largest absolute Gasteiger partial charge is 0.466 e. The van der Waals surface area contributed by atoms with Crippen molar-refractivity contribution >= 4 is 17.9 Å². The fourth-order valence-electron chi connectivity index (χ4n) is 6.21. The van der Waals surface area contributed by atoms with Gasteiger partial charge in [-0.2, -0.15) is 0 Å². The second-order valence-electron chi connectivity index (χ2n) is 15.7. The van der Waals surface area contributed by atoms with E-state index in [4.69, 9.17) is 14.2 Å². The third kappa shape index (κ3) is 44.2. The van der Waals surface area contributed by atoms with Crippen LogP contribution in [0.25, 0.3) is 0 Å². The van der Waals surface area contributed by atoms with E-state index in [0.717, 1.165) is 64.2 Å². The van der Waals surface area contributed by atoms with Crippen LogP contribution in [0.2, 0.25) is 0 Å². The van der Waals surface area contributed by atoms with Gasteiger partial charge in [-0.1, -0.05) is 140 Å². The van der Waals surface area contributed by atoms with E-state index >= 15 is 0 Å². The van der Waals surface area contributed by atoms with Crippen LogP contribution in [0.5, 0.6) is 0 Å². The first-order valence-electron chi connectivity index (χ1n) is 23.3. The second-order valence-corrected chi connectivity index (χ2v) is 15.7. The summed E-state index contributed by atoms with van der Waals surface area (Å²) >= 11 is 0. The highest BCUT2D eigenvalue weighted by Gasteiger charge is 2.14. The number of carbonyl (C=O) groups is 3. The summed E-state index contributed by atoms with van der Waals surface area (Å²) in [5, 5.41) is 0. The molecule has 0 aliphatic heterocycles. The molecule has 0 rings (SSSR count). The van der Waals surface area contributed by atoms with Crippen LogP contribution in [0.1, 0.15) is 187 Å². The number of nitrogens with zero attached hydrogens (tertiary/aromatic N) is 2. The van der Waals surface area contributed by atoms with Gasteiger partial charge in [-0.05, 0) is 91.1 Å². The lowest BCUT2D eigenvalue weighted by atomic mass is 10.1. The van der Waals surface area contributed by atoms with Crippen LogP contribution >= 0.6 is 0 Å². The lowest BCUT2D eigenvalue weighted by Gasteiger charge is -2.21. The standard InChI is InChI=1S/C49H88N2O6/c1-5-7-9-11-13-15-17-19-21-23-25-27-29-31-33-35-44-55-48(53)38-41-51(43-46-57-47(52)37-40-50(3)4)42-39-49(54)56-45-36-34-32-30-28-26-24-22-20-18-16-14-12-10-8-6-2/h13-16,19-22H,5-12,17-18,23-46H2,1-4H3/b15-13-,16-14-,21-19-,22-20-. The molecule has 0 amide bonds. The van der Waals surface area contributed by atoms with E-state index in [-0.39, 0.29) is 37.4 Å². The van der Waals surface area contributed by atoms with E-state index in [9.17, 15) is 14.4 Å². The minimum absolute atomic E-state index is 0.218. The first-order valence-corrected chi connectivity index (χ1v) is 23.3. The Labute approximate surface area is 351 Å². The predicted octanol–water partition coefficient (Wildman–Crippen LogP) is 12.3. The molecular weight excluding hydrogens is 713 g/mol. The van der Waals surface area contributed by atoms with E-state index in [1.54, 1.807) is 0 Å². The molecule has 0 aliphatic rings. The molecule has 0 N–H and O–H groups in total. The maximum absolute atomic E-state index is 12.5. The number of hydrogen-bond donors (Lipinski definition) is 0. The molecule has 8 heteroatoms. The van der Waals surface area contributed by atoms with Gasteiger partial charge >= 0.3 is 17.9 Å². The van der Waals surface area contributed by atoms with Gasteiger partial charge in [-0.15, -0.1) is 0 Å². The second kappa shape index (κ2) is 44.4. The molecular formula is C49H88N2O6. The smallest absolute Gasteiger partial charge is 0.307 e. The zero-order valence-electron chi connectivity index (χ0n) is 37.5. The van der Waals surface area contributed by atoms with Crippen molar-refractivity contribution in [3.8, 4) is 0 Å². The molecule has 0 aromatic carbocycles. The van der Waals surface area contributed by atoms with Crippen LogP contribution in [0.3, 0.4) is 0 Å². The fourth-order valence-corrected chi connectivity index (χ4v) is 6.21. The van der Waals surface area contributed by atoms with Gasteiger partial charge in [0.05, 0.1) is 32.5 Å². The van der Waals surface area contributed by atoms with Gasteiger partial charge in [-0.3, -0.25) is 19.3 Å². The number of carbonyl (C=O) groups excluding carboxylic acids is 3. The van der Waals surface area contributed by atoms with E-state index in [1.807, 2.05) is 23.9 Å². The molecule has 0 atom stereocenters. The summed E-state index contributed by atoms with van der Waals surface area (Å²) in [4.78, 5) is 41.1. The van der Waals surface area contributed by atoms with E-state index < -0.39 is 0 Å². The topological polar surface area (TPSA) is 85.4 Å². The van der Waals surface area contributed by atoms with Gasteiger partial charge in [0.1, 0.15) is 6.61 Å². The molecule has 0 aromatic heterocycles. The maximum atomic E-state index is 12.5. The van der Waals surface area contributed by atoms with Gasteiger partial charge in [0, 0.05) is 26.2 Å². The monoisotopic (exact) mass is 801 g/mol. The van der Waals surface area contributed by atoms with E-state index in [1.165, 1.54) is 89.9 Å². The first kappa shape index (κ1) is 54.3. The van der Waals surface area contributed by atoms with Crippen LogP contribution in [-0.4, -0.2) is 87.8 Å². The Kier molecular flexibility index (Phi) is 42.3. The van der Waals surface area contributed by atoms with Crippen molar-refractivity contribution in [3.05, 3.63) is 48.6 Å². The zero-order valence-corrected chi connectivity index (χ0v) is 37.5. The minimum atomic E-state index is -0.246. The van der Waals surface area contributed by atoms with Crippen molar-refractivity contribution < 1.29 is 28.6 Å². The molecule has 0 saturated carbocycles. The number of allylic oxidation sites excluding steroid dienone is 8. The number of unbranched alkanes of at least 4 members (excludes halogenated alkanes) is 18. The van der Waals surface area contributed by atoms with Crippen LogP contribution < -0.4 is 0 Å². The van der Waals surface area contributed by atoms with E-state index in [0.29, 0.717) is 45.8 Å². The molecule has 0 aliphatic carbocycles. The van der Waals surface area contributed by atoms with Crippen LogP contribution in [0.4, 0.5) is 0 Å². The Bertz CT molecular complexity index is 971. The van der Waals surface area contributed by atoms with Crippen molar-refractivity contribution in [3.63, 3.8) is 0 Å². The zero-order chi connectivity index (χ0) is 41.7. The number of rotatable bonds is 42. The first-order chi connectivity index (χ1) is 27.9. The predicted molar refractivity (Wildman–Crippen MR) is 240 cm³/mol. The summed E-state index contributed by atoms with van der Waals surface area (Å²) in [5.41, 5.74) is 0. The molecule has 0 radical (unpaired) electrons. The normalized spacial score (nSPS) is 12.0. The average Bonchev–Trinajstić information content (AvgIpc) is 3.20. The van der Waals surface area contributed by atoms with E-state index in [2.05, 4.69) is 62.5 Å². The summed E-state index contributed by atoms with van der Waals surface area (Å²) in [6.07, 6.45) is 47.3. The highest BCUT2D eigenvalue weighted by Crippen LogP contribution is 2.10. The average molecular weight is 801 g/mol. The molecule has 0 saturated heterocycles. The molecule has 0 heterocycles. The van der Waals surface area contributed by atoms with Gasteiger partial charge in [0.2, 0.25) is 0 Å². The number of ether oxygens (including phenoxy) is 3. The molecule has 0 aromatic rings. The number of hydrogen-bond acceptors (Lipinski definition) is 8. The highest BCUT2D eigenvalue weighted by molar-refractivity contribution is 5.70. The molecule has 8 nitrogen and oxygen atoms in total. The summed E-state index contributed by atoms with van der Waals surface area (Å²) in [6, 6.07) is 0.